The van der Waals surface area contributed by atoms with E-state index in [9.17, 15) is 5.11 Å². The van der Waals surface area contributed by atoms with Crippen molar-refractivity contribution in [3.8, 4) is 0 Å². The lowest BCUT2D eigenvalue weighted by atomic mass is 10.1. The first kappa shape index (κ1) is 13.3. The van der Waals surface area contributed by atoms with Crippen molar-refractivity contribution >= 4 is 11.3 Å². The van der Waals surface area contributed by atoms with Gasteiger partial charge in [0.25, 0.3) is 0 Å². The number of aliphatic hydroxyl groups is 1. The second-order valence-corrected chi connectivity index (χ2v) is 5.45. The minimum atomic E-state index is -0.0114. The molecule has 0 radical (unpaired) electrons. The number of benzene rings is 1. The smallest absolute Gasteiger partial charge is 0.0626 e. The van der Waals surface area contributed by atoms with E-state index in [1.54, 1.807) is 11.3 Å². The first-order chi connectivity index (χ1) is 8.72. The van der Waals surface area contributed by atoms with Gasteiger partial charge in [-0.25, -0.2) is 0 Å². The Morgan fingerprint density at radius 1 is 1.22 bits per heavy atom. The highest BCUT2D eigenvalue weighted by Crippen LogP contribution is 2.26. The molecule has 2 atom stereocenters. The van der Waals surface area contributed by atoms with Crippen molar-refractivity contribution in [3.05, 3.63) is 57.8 Å². The number of rotatable bonds is 5. The highest BCUT2D eigenvalue weighted by Gasteiger charge is 2.16. The molecule has 2 aromatic rings. The average molecular weight is 261 g/mol. The average Bonchev–Trinajstić information content (AvgIpc) is 2.83. The Balaban J connectivity index is 2.10. The Morgan fingerprint density at radius 2 is 1.94 bits per heavy atom. The van der Waals surface area contributed by atoms with Crippen LogP contribution in [0.4, 0.5) is 0 Å². The summed E-state index contributed by atoms with van der Waals surface area (Å²) < 4.78 is 0. The summed E-state index contributed by atoms with van der Waals surface area (Å²) in [5.41, 5.74) is 2.44. The van der Waals surface area contributed by atoms with Gasteiger partial charge >= 0.3 is 0 Å². The van der Waals surface area contributed by atoms with Crippen LogP contribution >= 0.6 is 11.3 Å². The zero-order valence-electron chi connectivity index (χ0n) is 10.8. The number of aliphatic hydroxyl groups excluding tert-OH is 1. The van der Waals surface area contributed by atoms with E-state index in [2.05, 4.69) is 30.6 Å². The Labute approximate surface area is 112 Å². The second kappa shape index (κ2) is 6.14. The highest BCUT2D eigenvalue weighted by molar-refractivity contribution is 7.10. The van der Waals surface area contributed by atoms with E-state index >= 15 is 0 Å². The fourth-order valence-corrected chi connectivity index (χ4v) is 3.09. The van der Waals surface area contributed by atoms with Crippen LogP contribution < -0.4 is 5.32 Å². The molecule has 1 aromatic heterocycles. The standard InChI is InChI=1S/C15H19NOS/c1-11-8-9-18-15(11)12(2)16-14(10-17)13-6-4-3-5-7-13/h3-9,12,14,16-17H,10H2,1-2H3/t12?,14-/m1/s1. The third-order valence-corrected chi connectivity index (χ3v) is 4.33. The quantitative estimate of drug-likeness (QED) is 0.864. The largest absolute Gasteiger partial charge is 0.394 e. The van der Waals surface area contributed by atoms with Crippen molar-refractivity contribution < 1.29 is 5.11 Å². The molecule has 0 saturated carbocycles. The summed E-state index contributed by atoms with van der Waals surface area (Å²) in [4.78, 5) is 1.34. The van der Waals surface area contributed by atoms with Crippen molar-refractivity contribution in [1.82, 2.24) is 5.32 Å². The van der Waals surface area contributed by atoms with E-state index in [0.717, 1.165) is 5.56 Å². The predicted octanol–water partition coefficient (Wildman–Crippen LogP) is 3.44. The summed E-state index contributed by atoms with van der Waals surface area (Å²) >= 11 is 1.76. The highest BCUT2D eigenvalue weighted by atomic mass is 32.1. The van der Waals surface area contributed by atoms with Crippen molar-refractivity contribution in [1.29, 1.82) is 0 Å². The zero-order chi connectivity index (χ0) is 13.0. The molecular formula is C15H19NOS. The number of hydrogen-bond donors (Lipinski definition) is 2. The van der Waals surface area contributed by atoms with E-state index in [4.69, 9.17) is 0 Å². The zero-order valence-corrected chi connectivity index (χ0v) is 11.6. The van der Waals surface area contributed by atoms with Gasteiger partial charge in [0.15, 0.2) is 0 Å². The van der Waals surface area contributed by atoms with Crippen LogP contribution in [-0.2, 0) is 0 Å². The predicted molar refractivity (Wildman–Crippen MR) is 76.9 cm³/mol. The van der Waals surface area contributed by atoms with Gasteiger partial charge in [-0.2, -0.15) is 0 Å². The van der Waals surface area contributed by atoms with Crippen molar-refractivity contribution in [2.24, 2.45) is 0 Å². The van der Waals surface area contributed by atoms with Gasteiger partial charge in [0.2, 0.25) is 0 Å². The van der Waals surface area contributed by atoms with Crippen molar-refractivity contribution in [3.63, 3.8) is 0 Å². The summed E-state index contributed by atoms with van der Waals surface area (Å²) in [6.45, 7) is 4.38. The molecule has 96 valence electrons. The molecule has 0 saturated heterocycles. The number of hydrogen-bond acceptors (Lipinski definition) is 3. The maximum Gasteiger partial charge on any atom is 0.0626 e. The molecule has 1 unspecified atom stereocenters. The maximum absolute atomic E-state index is 9.54. The Hall–Kier alpha value is -1.16. The van der Waals surface area contributed by atoms with Gasteiger partial charge in [0, 0.05) is 10.9 Å². The van der Waals surface area contributed by atoms with Crippen LogP contribution in [0.1, 0.15) is 35.0 Å². The number of thiophene rings is 1. The molecule has 0 spiro atoms. The van der Waals surface area contributed by atoms with E-state index < -0.39 is 0 Å². The van der Waals surface area contributed by atoms with Gasteiger partial charge in [-0.1, -0.05) is 30.3 Å². The lowest BCUT2D eigenvalue weighted by molar-refractivity contribution is 0.236. The third kappa shape index (κ3) is 2.99. The fraction of sp³-hybridized carbons (Fsp3) is 0.333. The van der Waals surface area contributed by atoms with Crippen LogP contribution in [0.25, 0.3) is 0 Å². The topological polar surface area (TPSA) is 32.3 Å². The van der Waals surface area contributed by atoms with Crippen LogP contribution in [0.3, 0.4) is 0 Å². The van der Waals surface area contributed by atoms with Gasteiger partial charge in [-0.05, 0) is 36.4 Å². The molecule has 0 aliphatic carbocycles. The monoisotopic (exact) mass is 261 g/mol. The second-order valence-electron chi connectivity index (χ2n) is 4.50. The van der Waals surface area contributed by atoms with Crippen LogP contribution in [0.15, 0.2) is 41.8 Å². The lowest BCUT2D eigenvalue weighted by Crippen LogP contribution is -2.27. The Morgan fingerprint density at radius 3 is 2.50 bits per heavy atom. The van der Waals surface area contributed by atoms with Crippen molar-refractivity contribution in [2.45, 2.75) is 25.9 Å². The molecule has 1 heterocycles. The van der Waals surface area contributed by atoms with Crippen molar-refractivity contribution in [2.75, 3.05) is 6.61 Å². The Kier molecular flexibility index (Phi) is 4.53. The number of nitrogens with one attached hydrogen (secondary N) is 1. The van der Waals surface area contributed by atoms with Crippen LogP contribution in [0.5, 0.6) is 0 Å². The molecule has 0 aliphatic rings. The summed E-state index contributed by atoms with van der Waals surface area (Å²) in [7, 11) is 0. The first-order valence-corrected chi connectivity index (χ1v) is 7.06. The van der Waals surface area contributed by atoms with E-state index in [1.807, 2.05) is 30.3 Å². The molecule has 0 amide bonds. The van der Waals surface area contributed by atoms with Crippen LogP contribution in [0, 0.1) is 6.92 Å². The molecular weight excluding hydrogens is 242 g/mol. The van der Waals surface area contributed by atoms with Gasteiger partial charge in [0.1, 0.15) is 0 Å². The van der Waals surface area contributed by atoms with Crippen LogP contribution in [-0.4, -0.2) is 11.7 Å². The summed E-state index contributed by atoms with van der Waals surface area (Å²) in [6.07, 6.45) is 0. The molecule has 2 N–H and O–H groups in total. The first-order valence-electron chi connectivity index (χ1n) is 6.18. The SMILES string of the molecule is Cc1ccsc1C(C)N[C@H](CO)c1ccccc1. The summed E-state index contributed by atoms with van der Waals surface area (Å²) in [5.74, 6) is 0. The summed E-state index contributed by atoms with van der Waals surface area (Å²) in [6, 6.07) is 12.5. The van der Waals surface area contributed by atoms with Gasteiger partial charge in [-0.15, -0.1) is 11.3 Å². The molecule has 2 nitrogen and oxygen atoms in total. The molecule has 18 heavy (non-hydrogen) atoms. The molecule has 1 aromatic carbocycles. The van der Waals surface area contributed by atoms with Gasteiger partial charge < -0.3 is 10.4 Å². The van der Waals surface area contributed by atoms with Gasteiger partial charge in [-0.3, -0.25) is 0 Å². The Bertz CT molecular complexity index is 480. The molecule has 0 fully saturated rings. The summed E-state index contributed by atoms with van der Waals surface area (Å²) in [5, 5.41) is 15.1. The fourth-order valence-electron chi connectivity index (χ4n) is 2.15. The van der Waals surface area contributed by atoms with E-state index in [-0.39, 0.29) is 18.7 Å². The lowest BCUT2D eigenvalue weighted by Gasteiger charge is -2.22. The molecule has 0 aliphatic heterocycles. The van der Waals surface area contributed by atoms with E-state index in [1.165, 1.54) is 10.4 Å². The minimum Gasteiger partial charge on any atom is -0.394 e. The van der Waals surface area contributed by atoms with Crippen LogP contribution in [0.2, 0.25) is 0 Å². The normalized spacial score (nSPS) is 14.4. The third-order valence-electron chi connectivity index (χ3n) is 3.13. The minimum absolute atomic E-state index is 0.0114. The van der Waals surface area contributed by atoms with Gasteiger partial charge in [0.05, 0.1) is 12.6 Å². The molecule has 2 rings (SSSR count). The maximum atomic E-state index is 9.54. The molecule has 3 heteroatoms. The van der Waals surface area contributed by atoms with E-state index in [0.29, 0.717) is 0 Å². The number of aryl methyl sites for hydroxylation is 1. The molecule has 0 bridgehead atoms.